The summed E-state index contributed by atoms with van der Waals surface area (Å²) in [6, 6.07) is -1.71. The normalized spacial score (nSPS) is 31.6. The molecule has 0 aromatic carbocycles. The predicted octanol–water partition coefficient (Wildman–Crippen LogP) is 3.59. The van der Waals surface area contributed by atoms with Crippen molar-refractivity contribution in [3.8, 4) is 0 Å². The Hall–Kier alpha value is -2.26. The molecule has 4 rings (SSSR count). The summed E-state index contributed by atoms with van der Waals surface area (Å²) in [5, 5.41) is 6.83. The number of fused-ring (bicyclic) bond motifs is 2. The molecule has 10 heteroatoms. The first-order valence-electron chi connectivity index (χ1n) is 11.3. The number of rotatable bonds is 4. The number of amidine groups is 1. The standard InChI is InChI=1S/C23H29ClF3N5O/c1-13(2)28-23(33)31-8-7-16(11-31)29-22-17-9-14(24)3-5-19(17)32(12-21(26)27)20-6-4-15(25)10-18(20)30-22/h3-6,9-10,13,16-21H,7-8,11-12H2,1-2H3,(H,28,33)(H,29,30). The first-order valence-corrected chi connectivity index (χ1v) is 11.6. The molecule has 5 unspecified atom stereocenters. The van der Waals surface area contributed by atoms with Gasteiger partial charge in [0.25, 0.3) is 6.43 Å². The van der Waals surface area contributed by atoms with Gasteiger partial charge in [-0.05, 0) is 38.5 Å². The van der Waals surface area contributed by atoms with Gasteiger partial charge in [0.05, 0.1) is 24.5 Å². The molecular formula is C23H29ClF3N5O. The van der Waals surface area contributed by atoms with E-state index in [1.807, 2.05) is 19.9 Å². The highest BCUT2D eigenvalue weighted by Crippen LogP contribution is 2.34. The fourth-order valence-electron chi connectivity index (χ4n) is 4.83. The number of carbonyl (C=O) groups excluding carboxylic acids is 1. The van der Waals surface area contributed by atoms with Crippen LogP contribution in [0.1, 0.15) is 20.3 Å². The van der Waals surface area contributed by atoms with E-state index in [1.54, 1.807) is 28.0 Å². The number of aliphatic imine (C=N–C) groups is 1. The third-order valence-electron chi connectivity index (χ3n) is 6.25. The van der Waals surface area contributed by atoms with E-state index in [-0.39, 0.29) is 18.1 Å². The van der Waals surface area contributed by atoms with Crippen molar-refractivity contribution >= 4 is 23.5 Å². The fraction of sp³-hybridized carbons (Fsp3) is 0.565. The van der Waals surface area contributed by atoms with E-state index >= 15 is 0 Å². The van der Waals surface area contributed by atoms with Crippen LogP contribution in [0.5, 0.6) is 0 Å². The van der Waals surface area contributed by atoms with Crippen molar-refractivity contribution in [1.82, 2.24) is 20.4 Å². The molecule has 6 nitrogen and oxygen atoms in total. The van der Waals surface area contributed by atoms with Gasteiger partial charge < -0.3 is 15.5 Å². The van der Waals surface area contributed by atoms with Crippen LogP contribution < -0.4 is 10.6 Å². The summed E-state index contributed by atoms with van der Waals surface area (Å²) in [6.45, 7) is 4.43. The van der Waals surface area contributed by atoms with Crippen molar-refractivity contribution in [2.75, 3.05) is 19.6 Å². The Morgan fingerprint density at radius 3 is 2.73 bits per heavy atom. The summed E-state index contributed by atoms with van der Waals surface area (Å²) in [6.07, 6.45) is 7.76. The Morgan fingerprint density at radius 2 is 2.00 bits per heavy atom. The van der Waals surface area contributed by atoms with Crippen LogP contribution in [0.2, 0.25) is 0 Å². The van der Waals surface area contributed by atoms with E-state index in [0.29, 0.717) is 30.4 Å². The van der Waals surface area contributed by atoms with E-state index < -0.39 is 42.8 Å². The minimum atomic E-state index is -2.55. The average molecular weight is 484 g/mol. The van der Waals surface area contributed by atoms with E-state index in [4.69, 9.17) is 16.6 Å². The number of amides is 2. The summed E-state index contributed by atoms with van der Waals surface area (Å²) in [5.41, 5.74) is 0. The van der Waals surface area contributed by atoms with Gasteiger partial charge in [-0.25, -0.2) is 18.0 Å². The lowest BCUT2D eigenvalue weighted by Gasteiger charge is -2.39. The third kappa shape index (κ3) is 5.46. The first kappa shape index (κ1) is 23.9. The lowest BCUT2D eigenvalue weighted by Crippen LogP contribution is -2.52. The summed E-state index contributed by atoms with van der Waals surface area (Å²) >= 11 is 6.29. The molecule has 0 spiro atoms. The van der Waals surface area contributed by atoms with Crippen molar-refractivity contribution < 1.29 is 18.0 Å². The van der Waals surface area contributed by atoms with Gasteiger partial charge in [0, 0.05) is 36.2 Å². The molecule has 0 aromatic heterocycles. The molecule has 2 heterocycles. The lowest BCUT2D eigenvalue weighted by molar-refractivity contribution is 0.0554. The maximum Gasteiger partial charge on any atom is 0.317 e. The van der Waals surface area contributed by atoms with Crippen LogP contribution in [-0.2, 0) is 0 Å². The van der Waals surface area contributed by atoms with Crippen LogP contribution in [0.15, 0.2) is 52.3 Å². The van der Waals surface area contributed by atoms with E-state index in [0.717, 1.165) is 0 Å². The van der Waals surface area contributed by atoms with Gasteiger partial charge in [0.1, 0.15) is 11.7 Å². The van der Waals surface area contributed by atoms with Crippen molar-refractivity contribution in [2.45, 2.75) is 56.9 Å². The number of allylic oxidation sites excluding steroid dienone is 4. The van der Waals surface area contributed by atoms with Gasteiger partial charge in [-0.15, -0.1) is 0 Å². The second-order valence-electron chi connectivity index (χ2n) is 9.10. The van der Waals surface area contributed by atoms with Crippen LogP contribution >= 0.6 is 11.6 Å². The summed E-state index contributed by atoms with van der Waals surface area (Å²) in [4.78, 5) is 20.6. The monoisotopic (exact) mass is 483 g/mol. The largest absolute Gasteiger partial charge is 0.369 e. The second kappa shape index (κ2) is 9.93. The van der Waals surface area contributed by atoms with Crippen LogP contribution in [0, 0.1) is 5.92 Å². The molecule has 2 N–H and O–H groups in total. The average Bonchev–Trinajstić information content (AvgIpc) is 3.16. The van der Waals surface area contributed by atoms with Gasteiger partial charge >= 0.3 is 6.03 Å². The number of halogens is 4. The zero-order valence-electron chi connectivity index (χ0n) is 18.6. The highest BCUT2D eigenvalue weighted by Gasteiger charge is 2.42. The number of hydrogen-bond donors (Lipinski definition) is 2. The molecule has 0 saturated carbocycles. The number of carbonyl (C=O) groups is 1. The Bertz CT molecular complexity index is 916. The molecule has 0 aromatic rings. The number of nitrogens with zero attached hydrogens (tertiary/aromatic N) is 3. The van der Waals surface area contributed by atoms with Crippen molar-refractivity contribution in [3.63, 3.8) is 0 Å². The topological polar surface area (TPSA) is 60.0 Å². The molecule has 2 aliphatic heterocycles. The predicted molar refractivity (Wildman–Crippen MR) is 123 cm³/mol. The van der Waals surface area contributed by atoms with E-state index in [2.05, 4.69) is 10.6 Å². The van der Waals surface area contributed by atoms with Crippen molar-refractivity contribution in [3.05, 3.63) is 47.3 Å². The zero-order chi connectivity index (χ0) is 23.7. The molecule has 0 bridgehead atoms. The van der Waals surface area contributed by atoms with Crippen LogP contribution in [0.4, 0.5) is 18.0 Å². The number of nitrogens with one attached hydrogen (secondary N) is 2. The molecule has 180 valence electrons. The smallest absolute Gasteiger partial charge is 0.317 e. The molecule has 2 aliphatic carbocycles. The minimum Gasteiger partial charge on any atom is -0.369 e. The van der Waals surface area contributed by atoms with Gasteiger partial charge in [0.15, 0.2) is 0 Å². The number of hydrogen-bond acceptors (Lipinski definition) is 4. The van der Waals surface area contributed by atoms with Crippen molar-refractivity contribution in [1.29, 1.82) is 0 Å². The Morgan fingerprint density at radius 1 is 1.24 bits per heavy atom. The Balaban J connectivity index is 1.61. The Labute approximate surface area is 196 Å². The molecule has 0 radical (unpaired) electrons. The maximum absolute atomic E-state index is 14.1. The fourth-order valence-corrected chi connectivity index (χ4v) is 5.04. The minimum absolute atomic E-state index is 0.0385. The number of urea groups is 1. The first-order chi connectivity index (χ1) is 15.7. The zero-order valence-corrected chi connectivity index (χ0v) is 19.4. The van der Waals surface area contributed by atoms with Crippen LogP contribution in [0.25, 0.3) is 0 Å². The Kier molecular flexibility index (Phi) is 7.19. The highest BCUT2D eigenvalue weighted by atomic mass is 35.5. The third-order valence-corrected chi connectivity index (χ3v) is 6.50. The van der Waals surface area contributed by atoms with Gasteiger partial charge in [-0.3, -0.25) is 9.89 Å². The SMILES string of the molecule is CC(C)NC(=O)N1CCC(NC2=NC3C=C(F)C=CC3N(CC(F)F)C3C=CC(Cl)=CC23)C1. The molecule has 4 aliphatic rings. The van der Waals surface area contributed by atoms with Gasteiger partial charge in [0.2, 0.25) is 0 Å². The van der Waals surface area contributed by atoms with Crippen molar-refractivity contribution in [2.24, 2.45) is 10.9 Å². The van der Waals surface area contributed by atoms with E-state index in [9.17, 15) is 18.0 Å². The van der Waals surface area contributed by atoms with Gasteiger partial charge in [-0.1, -0.05) is 29.8 Å². The maximum atomic E-state index is 14.1. The molecule has 33 heavy (non-hydrogen) atoms. The quantitative estimate of drug-likeness (QED) is 0.642. The van der Waals surface area contributed by atoms with Crippen LogP contribution in [0.3, 0.4) is 0 Å². The molecule has 1 fully saturated rings. The lowest BCUT2D eigenvalue weighted by atomic mass is 9.90. The number of alkyl halides is 2. The second-order valence-corrected chi connectivity index (χ2v) is 9.54. The summed E-state index contributed by atoms with van der Waals surface area (Å²) < 4.78 is 41.2. The highest BCUT2D eigenvalue weighted by molar-refractivity contribution is 6.31. The molecule has 1 saturated heterocycles. The molecule has 5 atom stereocenters. The van der Waals surface area contributed by atoms with Gasteiger partial charge in [-0.2, -0.15) is 0 Å². The molecular weight excluding hydrogens is 455 g/mol. The van der Waals surface area contributed by atoms with E-state index in [1.165, 1.54) is 12.2 Å². The number of likely N-dealkylation sites (tertiary alicyclic amines) is 1. The molecule has 2 amide bonds. The summed E-state index contributed by atoms with van der Waals surface area (Å²) in [5.74, 6) is -0.261. The summed E-state index contributed by atoms with van der Waals surface area (Å²) in [7, 11) is 0. The van der Waals surface area contributed by atoms with Crippen LogP contribution in [-0.4, -0.2) is 77.9 Å².